The number of nitrogens with zero attached hydrogens (tertiary/aromatic N) is 2. The van der Waals surface area contributed by atoms with Gasteiger partial charge in [0.25, 0.3) is 5.91 Å². The normalized spacial score (nSPS) is 17.7. The summed E-state index contributed by atoms with van der Waals surface area (Å²) in [6, 6.07) is 11.9. The maximum Gasteiger partial charge on any atom is 0.257 e. The highest BCUT2D eigenvalue weighted by Crippen LogP contribution is 2.35. The van der Waals surface area contributed by atoms with Crippen LogP contribution in [0.1, 0.15) is 24.2 Å². The highest BCUT2D eigenvalue weighted by atomic mass is 35.5. The Morgan fingerprint density at radius 1 is 1.30 bits per heavy atom. The van der Waals surface area contributed by atoms with Crippen molar-refractivity contribution in [3.05, 3.63) is 58.9 Å². The highest BCUT2D eigenvalue weighted by molar-refractivity contribution is 6.31. The Balaban J connectivity index is 1.90. The van der Waals surface area contributed by atoms with Crippen LogP contribution in [0.25, 0.3) is 0 Å². The summed E-state index contributed by atoms with van der Waals surface area (Å²) in [5, 5.41) is 0.711. The van der Waals surface area contributed by atoms with Gasteiger partial charge in [0.1, 0.15) is 0 Å². The number of hydrogen-bond donors (Lipinski definition) is 1. The number of halogens is 1. The van der Waals surface area contributed by atoms with Crippen LogP contribution in [0.2, 0.25) is 5.02 Å². The molecule has 0 spiro atoms. The van der Waals surface area contributed by atoms with Gasteiger partial charge in [-0.3, -0.25) is 14.5 Å². The van der Waals surface area contributed by atoms with E-state index in [4.69, 9.17) is 16.4 Å². The summed E-state index contributed by atoms with van der Waals surface area (Å²) in [5.41, 5.74) is 4.62. The molecule has 1 atom stereocenters. The number of rotatable bonds is 5. The van der Waals surface area contributed by atoms with Crippen molar-refractivity contribution in [1.29, 1.82) is 0 Å². The van der Waals surface area contributed by atoms with Crippen LogP contribution in [0.5, 0.6) is 0 Å². The molecule has 122 valence electrons. The molecule has 0 fully saturated rings. The fourth-order valence-corrected chi connectivity index (χ4v) is 3.26. The summed E-state index contributed by atoms with van der Waals surface area (Å²) in [6.07, 6.45) is 2.07. The van der Waals surface area contributed by atoms with Crippen LogP contribution in [-0.2, 0) is 16.2 Å². The zero-order valence-corrected chi connectivity index (χ0v) is 13.8. The van der Waals surface area contributed by atoms with Crippen LogP contribution in [0, 0.1) is 0 Å². The summed E-state index contributed by atoms with van der Waals surface area (Å²) in [5.74, 6) is -0.149. The highest BCUT2D eigenvalue weighted by Gasteiger charge is 2.31. The Morgan fingerprint density at radius 3 is 2.91 bits per heavy atom. The van der Waals surface area contributed by atoms with Gasteiger partial charge >= 0.3 is 0 Å². The van der Waals surface area contributed by atoms with Crippen molar-refractivity contribution in [1.82, 2.24) is 14.9 Å². The molecule has 1 aromatic heterocycles. The lowest BCUT2D eigenvalue weighted by Crippen LogP contribution is -2.44. The minimum atomic E-state index is -0.149. The monoisotopic (exact) mass is 333 g/mol. The Kier molecular flexibility index (Phi) is 5.00. The number of carbonyl (C=O) groups excluding carboxylic acids is 1. The van der Waals surface area contributed by atoms with Gasteiger partial charge in [-0.25, -0.2) is 5.48 Å². The molecule has 0 radical (unpaired) electrons. The molecular weight excluding hydrogens is 314 g/mol. The molecule has 1 aliphatic heterocycles. The predicted octanol–water partition coefficient (Wildman–Crippen LogP) is 2.61. The van der Waals surface area contributed by atoms with Crippen LogP contribution in [0.15, 0.2) is 42.6 Å². The second kappa shape index (κ2) is 7.17. The van der Waals surface area contributed by atoms with Gasteiger partial charge in [-0.15, -0.1) is 0 Å². The lowest BCUT2D eigenvalue weighted by atomic mass is 10.00. The Morgan fingerprint density at radius 2 is 2.13 bits per heavy atom. The fourth-order valence-electron chi connectivity index (χ4n) is 3.02. The lowest BCUT2D eigenvalue weighted by molar-refractivity contribution is -0.135. The van der Waals surface area contributed by atoms with Crippen molar-refractivity contribution in [2.24, 2.45) is 0 Å². The van der Waals surface area contributed by atoms with E-state index in [-0.39, 0.29) is 18.5 Å². The molecule has 5 nitrogen and oxygen atoms in total. The Labute approximate surface area is 140 Å². The number of hydrogen-bond acceptors (Lipinski definition) is 3. The third-order valence-electron chi connectivity index (χ3n) is 4.01. The zero-order chi connectivity index (χ0) is 16.2. The van der Waals surface area contributed by atoms with Crippen molar-refractivity contribution >= 4 is 17.5 Å². The third kappa shape index (κ3) is 3.42. The molecule has 1 unspecified atom stereocenters. The zero-order valence-electron chi connectivity index (χ0n) is 13.0. The smallest absolute Gasteiger partial charge is 0.257 e. The number of nitrogens with one attached hydrogen (secondary N) is 1. The molecule has 0 saturated carbocycles. The van der Waals surface area contributed by atoms with Crippen molar-refractivity contribution in [2.45, 2.75) is 19.5 Å². The number of amides is 1. The van der Waals surface area contributed by atoms with E-state index in [2.05, 4.69) is 27.2 Å². The molecule has 6 heteroatoms. The quantitative estimate of drug-likeness (QED) is 0.856. The fraction of sp³-hybridized carbons (Fsp3) is 0.353. The minimum Gasteiger partial charge on any atom is -0.348 e. The van der Waals surface area contributed by atoms with E-state index in [0.29, 0.717) is 11.6 Å². The lowest BCUT2D eigenvalue weighted by Gasteiger charge is -2.37. The van der Waals surface area contributed by atoms with E-state index in [1.165, 1.54) is 0 Å². The molecule has 1 amide bonds. The second-order valence-electron chi connectivity index (χ2n) is 5.48. The van der Waals surface area contributed by atoms with Gasteiger partial charge in [0.15, 0.2) is 0 Å². The Bertz CT molecular complexity index is 686. The molecule has 0 aliphatic carbocycles. The molecular formula is C17H20ClN3O2. The van der Waals surface area contributed by atoms with Crippen LogP contribution >= 0.6 is 11.6 Å². The van der Waals surface area contributed by atoms with Gasteiger partial charge in [-0.2, -0.15) is 0 Å². The molecule has 2 aromatic rings. The first-order valence-electron chi connectivity index (χ1n) is 7.75. The molecule has 1 aromatic carbocycles. The summed E-state index contributed by atoms with van der Waals surface area (Å²) >= 11 is 6.42. The minimum absolute atomic E-state index is 0.0418. The van der Waals surface area contributed by atoms with E-state index >= 15 is 0 Å². The van der Waals surface area contributed by atoms with Gasteiger partial charge in [0, 0.05) is 30.0 Å². The SMILES string of the molecule is CCONC(=O)CN1CCn2cccc2C1c1ccccc1Cl. The van der Waals surface area contributed by atoms with Crippen LogP contribution < -0.4 is 5.48 Å². The molecule has 0 saturated heterocycles. The number of hydroxylamine groups is 1. The first-order chi connectivity index (χ1) is 11.2. The average Bonchev–Trinajstić information content (AvgIpc) is 3.02. The Hall–Kier alpha value is -1.82. The summed E-state index contributed by atoms with van der Waals surface area (Å²) in [6.45, 7) is 4.17. The maximum atomic E-state index is 12.1. The molecule has 23 heavy (non-hydrogen) atoms. The van der Waals surface area contributed by atoms with Crippen molar-refractivity contribution in [3.8, 4) is 0 Å². The summed E-state index contributed by atoms with van der Waals surface area (Å²) < 4.78 is 2.21. The average molecular weight is 334 g/mol. The topological polar surface area (TPSA) is 46.5 Å². The first-order valence-corrected chi connectivity index (χ1v) is 8.12. The van der Waals surface area contributed by atoms with E-state index in [1.807, 2.05) is 37.3 Å². The van der Waals surface area contributed by atoms with Gasteiger partial charge in [-0.05, 0) is 30.7 Å². The van der Waals surface area contributed by atoms with Gasteiger partial charge < -0.3 is 4.57 Å². The van der Waals surface area contributed by atoms with Crippen LogP contribution in [0.3, 0.4) is 0 Å². The maximum absolute atomic E-state index is 12.1. The number of fused-ring (bicyclic) bond motifs is 1. The van der Waals surface area contributed by atoms with Crippen molar-refractivity contribution in [2.75, 3.05) is 19.7 Å². The molecule has 1 N–H and O–H groups in total. The first kappa shape index (κ1) is 16.1. The summed E-state index contributed by atoms with van der Waals surface area (Å²) in [7, 11) is 0. The number of carbonyl (C=O) groups is 1. The molecule has 3 rings (SSSR count). The largest absolute Gasteiger partial charge is 0.348 e. The second-order valence-corrected chi connectivity index (χ2v) is 5.89. The molecule has 1 aliphatic rings. The molecule has 0 bridgehead atoms. The number of aromatic nitrogens is 1. The van der Waals surface area contributed by atoms with E-state index < -0.39 is 0 Å². The van der Waals surface area contributed by atoms with Gasteiger partial charge in [-0.1, -0.05) is 29.8 Å². The molecule has 2 heterocycles. The van der Waals surface area contributed by atoms with E-state index in [9.17, 15) is 4.79 Å². The predicted molar refractivity (Wildman–Crippen MR) is 89.1 cm³/mol. The van der Waals surface area contributed by atoms with Crippen molar-refractivity contribution in [3.63, 3.8) is 0 Å². The van der Waals surface area contributed by atoms with Crippen LogP contribution in [0.4, 0.5) is 0 Å². The van der Waals surface area contributed by atoms with Gasteiger partial charge in [0.2, 0.25) is 0 Å². The van der Waals surface area contributed by atoms with E-state index in [1.54, 1.807) is 0 Å². The summed E-state index contributed by atoms with van der Waals surface area (Å²) in [4.78, 5) is 19.2. The van der Waals surface area contributed by atoms with Crippen molar-refractivity contribution < 1.29 is 9.63 Å². The van der Waals surface area contributed by atoms with Gasteiger partial charge in [0.05, 0.1) is 19.2 Å². The van der Waals surface area contributed by atoms with E-state index in [0.717, 1.165) is 24.3 Å². The standard InChI is InChI=1S/C17H20ClN3O2/c1-2-23-19-16(22)12-21-11-10-20-9-5-8-15(20)17(21)13-6-3-4-7-14(13)18/h3-9,17H,2,10-12H2,1H3,(H,19,22). The van der Waals surface area contributed by atoms with Crippen LogP contribution in [-0.4, -0.2) is 35.1 Å². The third-order valence-corrected chi connectivity index (χ3v) is 4.36. The number of benzene rings is 1.